The maximum atomic E-state index is 11.4. The van der Waals surface area contributed by atoms with Crippen LogP contribution in [-0.2, 0) is 4.74 Å². The van der Waals surface area contributed by atoms with Crippen LogP contribution in [0.4, 0.5) is 10.5 Å². The standard InChI is InChI=1S/C12H15NO2/c1-9(10-7-8-10)15-12(14)13-11-5-3-2-4-6-11/h2-6,9-10H,7-8H2,1H3,(H,13,14). The third kappa shape index (κ3) is 2.98. The Kier molecular flexibility index (Phi) is 2.90. The van der Waals surface area contributed by atoms with Gasteiger partial charge >= 0.3 is 6.09 Å². The van der Waals surface area contributed by atoms with Crippen LogP contribution in [-0.4, -0.2) is 12.2 Å². The number of nitrogens with one attached hydrogen (secondary N) is 1. The van der Waals surface area contributed by atoms with E-state index in [0.717, 1.165) is 5.69 Å². The molecule has 3 heteroatoms. The molecule has 1 fully saturated rings. The predicted molar refractivity (Wildman–Crippen MR) is 58.7 cm³/mol. The molecule has 0 saturated heterocycles. The van der Waals surface area contributed by atoms with Crippen LogP contribution in [0.1, 0.15) is 19.8 Å². The van der Waals surface area contributed by atoms with Crippen LogP contribution in [0.2, 0.25) is 0 Å². The van der Waals surface area contributed by atoms with Gasteiger partial charge in [0.15, 0.2) is 0 Å². The van der Waals surface area contributed by atoms with E-state index in [1.54, 1.807) is 0 Å². The molecule has 1 aliphatic carbocycles. The number of carbonyl (C=O) groups is 1. The van der Waals surface area contributed by atoms with Crippen LogP contribution < -0.4 is 5.32 Å². The van der Waals surface area contributed by atoms with Gasteiger partial charge < -0.3 is 4.74 Å². The minimum Gasteiger partial charge on any atom is -0.446 e. The number of para-hydroxylation sites is 1. The van der Waals surface area contributed by atoms with Crippen molar-refractivity contribution in [1.82, 2.24) is 0 Å². The lowest BCUT2D eigenvalue weighted by Gasteiger charge is -2.12. The molecule has 0 aliphatic heterocycles. The molecule has 1 N–H and O–H groups in total. The van der Waals surface area contributed by atoms with Gasteiger partial charge in [-0.1, -0.05) is 18.2 Å². The van der Waals surface area contributed by atoms with Gasteiger partial charge in [0.05, 0.1) is 0 Å². The molecule has 0 aromatic heterocycles. The minimum absolute atomic E-state index is 0.0358. The van der Waals surface area contributed by atoms with E-state index in [0.29, 0.717) is 5.92 Å². The van der Waals surface area contributed by atoms with E-state index in [1.165, 1.54) is 12.8 Å². The molecule has 1 unspecified atom stereocenters. The number of benzene rings is 1. The molecule has 1 saturated carbocycles. The Bertz CT molecular complexity index is 333. The zero-order chi connectivity index (χ0) is 10.7. The number of rotatable bonds is 3. The van der Waals surface area contributed by atoms with E-state index >= 15 is 0 Å². The van der Waals surface area contributed by atoms with Crippen molar-refractivity contribution in [2.45, 2.75) is 25.9 Å². The molecule has 0 radical (unpaired) electrons. The topological polar surface area (TPSA) is 38.3 Å². The highest BCUT2D eigenvalue weighted by Gasteiger charge is 2.30. The smallest absolute Gasteiger partial charge is 0.411 e. The first-order valence-corrected chi connectivity index (χ1v) is 5.28. The van der Waals surface area contributed by atoms with E-state index in [9.17, 15) is 4.79 Å². The van der Waals surface area contributed by atoms with Crippen LogP contribution in [0.15, 0.2) is 30.3 Å². The summed E-state index contributed by atoms with van der Waals surface area (Å²) in [6.45, 7) is 1.95. The van der Waals surface area contributed by atoms with E-state index in [2.05, 4.69) is 5.32 Å². The van der Waals surface area contributed by atoms with Crippen molar-refractivity contribution in [3.8, 4) is 0 Å². The number of carbonyl (C=O) groups excluding carboxylic acids is 1. The fourth-order valence-electron chi connectivity index (χ4n) is 1.50. The molecule has 0 heterocycles. The second kappa shape index (κ2) is 4.34. The number of amides is 1. The molecule has 1 amide bonds. The molecular weight excluding hydrogens is 190 g/mol. The molecule has 0 bridgehead atoms. The molecule has 15 heavy (non-hydrogen) atoms. The SMILES string of the molecule is CC(OC(=O)Nc1ccccc1)C1CC1. The van der Waals surface area contributed by atoms with Crippen LogP contribution in [0.3, 0.4) is 0 Å². The van der Waals surface area contributed by atoms with Gasteiger partial charge in [-0.25, -0.2) is 4.79 Å². The first kappa shape index (κ1) is 10.0. The Hall–Kier alpha value is -1.51. The molecular formula is C12H15NO2. The Balaban J connectivity index is 1.81. The summed E-state index contributed by atoms with van der Waals surface area (Å²) in [7, 11) is 0. The van der Waals surface area contributed by atoms with Gasteiger partial charge in [0.2, 0.25) is 0 Å². The fraction of sp³-hybridized carbons (Fsp3) is 0.417. The molecule has 1 aliphatic rings. The number of hydrogen-bond acceptors (Lipinski definition) is 2. The Labute approximate surface area is 89.4 Å². The molecule has 2 rings (SSSR count). The predicted octanol–water partition coefficient (Wildman–Crippen LogP) is 3.03. The summed E-state index contributed by atoms with van der Waals surface area (Å²) in [5.41, 5.74) is 0.769. The number of ether oxygens (including phenoxy) is 1. The molecule has 1 aromatic rings. The summed E-state index contributed by atoms with van der Waals surface area (Å²) >= 11 is 0. The van der Waals surface area contributed by atoms with E-state index < -0.39 is 0 Å². The lowest BCUT2D eigenvalue weighted by Crippen LogP contribution is -2.21. The summed E-state index contributed by atoms with van der Waals surface area (Å²) < 4.78 is 5.23. The highest BCUT2D eigenvalue weighted by atomic mass is 16.6. The van der Waals surface area contributed by atoms with Crippen molar-refractivity contribution < 1.29 is 9.53 Å². The molecule has 80 valence electrons. The van der Waals surface area contributed by atoms with Crippen LogP contribution in [0, 0.1) is 5.92 Å². The molecule has 1 atom stereocenters. The van der Waals surface area contributed by atoms with Crippen molar-refractivity contribution in [3.05, 3.63) is 30.3 Å². The Morgan fingerprint density at radius 1 is 1.40 bits per heavy atom. The van der Waals surface area contributed by atoms with Gasteiger partial charge in [-0.3, -0.25) is 5.32 Å². The first-order valence-electron chi connectivity index (χ1n) is 5.28. The number of anilines is 1. The van der Waals surface area contributed by atoms with Crippen molar-refractivity contribution in [2.24, 2.45) is 5.92 Å². The maximum absolute atomic E-state index is 11.4. The third-order valence-corrected chi connectivity index (χ3v) is 2.60. The highest BCUT2D eigenvalue weighted by Crippen LogP contribution is 2.34. The summed E-state index contributed by atoms with van der Waals surface area (Å²) in [5.74, 6) is 0.575. The molecule has 0 spiro atoms. The Morgan fingerprint density at radius 3 is 2.67 bits per heavy atom. The van der Waals surface area contributed by atoms with E-state index in [-0.39, 0.29) is 12.2 Å². The summed E-state index contributed by atoms with van der Waals surface area (Å²) in [6.07, 6.45) is 2.04. The third-order valence-electron chi connectivity index (χ3n) is 2.60. The fourth-order valence-corrected chi connectivity index (χ4v) is 1.50. The average Bonchev–Trinajstić information content (AvgIpc) is 3.01. The zero-order valence-corrected chi connectivity index (χ0v) is 8.77. The largest absolute Gasteiger partial charge is 0.446 e. The normalized spacial score (nSPS) is 16.9. The second-order valence-corrected chi connectivity index (χ2v) is 3.94. The van der Waals surface area contributed by atoms with Crippen molar-refractivity contribution >= 4 is 11.8 Å². The zero-order valence-electron chi connectivity index (χ0n) is 8.77. The Morgan fingerprint density at radius 2 is 2.07 bits per heavy atom. The van der Waals surface area contributed by atoms with Crippen LogP contribution in [0.5, 0.6) is 0 Å². The number of hydrogen-bond donors (Lipinski definition) is 1. The quantitative estimate of drug-likeness (QED) is 0.823. The van der Waals surface area contributed by atoms with Gasteiger partial charge in [0, 0.05) is 5.69 Å². The minimum atomic E-state index is -0.361. The summed E-state index contributed by atoms with van der Waals surface area (Å²) in [6, 6.07) is 9.33. The lowest BCUT2D eigenvalue weighted by molar-refractivity contribution is 0.108. The second-order valence-electron chi connectivity index (χ2n) is 3.94. The molecule has 3 nitrogen and oxygen atoms in total. The van der Waals surface area contributed by atoms with Gasteiger partial charge in [0.25, 0.3) is 0 Å². The van der Waals surface area contributed by atoms with Crippen LogP contribution in [0.25, 0.3) is 0 Å². The summed E-state index contributed by atoms with van der Waals surface area (Å²) in [4.78, 5) is 11.4. The van der Waals surface area contributed by atoms with Crippen LogP contribution >= 0.6 is 0 Å². The van der Waals surface area contributed by atoms with Crippen molar-refractivity contribution in [1.29, 1.82) is 0 Å². The van der Waals surface area contributed by atoms with Gasteiger partial charge in [-0.15, -0.1) is 0 Å². The van der Waals surface area contributed by atoms with Crippen molar-refractivity contribution in [2.75, 3.05) is 5.32 Å². The first-order chi connectivity index (χ1) is 7.25. The van der Waals surface area contributed by atoms with E-state index in [4.69, 9.17) is 4.74 Å². The monoisotopic (exact) mass is 205 g/mol. The lowest BCUT2D eigenvalue weighted by atomic mass is 10.3. The van der Waals surface area contributed by atoms with Gasteiger partial charge in [-0.2, -0.15) is 0 Å². The summed E-state index contributed by atoms with van der Waals surface area (Å²) in [5, 5.41) is 2.69. The maximum Gasteiger partial charge on any atom is 0.411 e. The highest BCUT2D eigenvalue weighted by molar-refractivity contribution is 5.84. The van der Waals surface area contributed by atoms with Crippen molar-refractivity contribution in [3.63, 3.8) is 0 Å². The van der Waals surface area contributed by atoms with Gasteiger partial charge in [-0.05, 0) is 37.8 Å². The van der Waals surface area contributed by atoms with Gasteiger partial charge in [0.1, 0.15) is 6.10 Å². The average molecular weight is 205 g/mol. The van der Waals surface area contributed by atoms with E-state index in [1.807, 2.05) is 37.3 Å². The molecule has 1 aromatic carbocycles.